The summed E-state index contributed by atoms with van der Waals surface area (Å²) in [5.41, 5.74) is 0.334. The molecule has 0 spiro atoms. The van der Waals surface area contributed by atoms with Crippen molar-refractivity contribution in [3.63, 3.8) is 0 Å². The lowest BCUT2D eigenvalue weighted by atomic mass is 10.0. The molecule has 1 aromatic rings. The zero-order valence-electron chi connectivity index (χ0n) is 18.2. The van der Waals surface area contributed by atoms with Crippen LogP contribution in [0, 0.1) is 10.1 Å². The van der Waals surface area contributed by atoms with E-state index in [-0.39, 0.29) is 5.69 Å². The first kappa shape index (κ1) is 25.1. The number of rotatable bonds is 18. The first-order valence-electron chi connectivity index (χ1n) is 11.6. The quantitative estimate of drug-likeness (QED) is 0.109. The largest absolute Gasteiger partial charge is 0.462 e. The predicted molar refractivity (Wildman–Crippen MR) is 118 cm³/mol. The average Bonchev–Trinajstić information content (AvgIpc) is 2.73. The molecule has 0 fully saturated rings. The number of nitrogens with zero attached hydrogens (tertiary/aromatic N) is 1. The molecule has 0 heterocycles. The highest BCUT2D eigenvalue weighted by Crippen LogP contribution is 2.14. The maximum absolute atomic E-state index is 11.9. The minimum Gasteiger partial charge on any atom is -0.462 e. The van der Waals surface area contributed by atoms with Crippen LogP contribution in [0.1, 0.15) is 114 Å². The van der Waals surface area contributed by atoms with E-state index in [0.29, 0.717) is 12.2 Å². The van der Waals surface area contributed by atoms with Crippen molar-refractivity contribution in [2.45, 2.75) is 103 Å². The number of non-ortho nitro benzene ring substituents is 1. The van der Waals surface area contributed by atoms with Crippen LogP contribution in [0.5, 0.6) is 0 Å². The van der Waals surface area contributed by atoms with Crippen LogP contribution in [0.25, 0.3) is 0 Å². The zero-order chi connectivity index (χ0) is 21.2. The number of carbonyl (C=O) groups is 1. The average molecular weight is 406 g/mol. The number of hydrogen-bond acceptors (Lipinski definition) is 4. The monoisotopic (exact) mass is 405 g/mol. The number of carbonyl (C=O) groups excluding carboxylic acids is 1. The van der Waals surface area contributed by atoms with Crippen molar-refractivity contribution < 1.29 is 14.5 Å². The molecule has 1 aromatic carbocycles. The van der Waals surface area contributed by atoms with Gasteiger partial charge in [-0.3, -0.25) is 10.1 Å². The van der Waals surface area contributed by atoms with Crippen molar-refractivity contribution in [3.8, 4) is 0 Å². The molecule has 0 unspecified atom stereocenters. The summed E-state index contributed by atoms with van der Waals surface area (Å²) in [5.74, 6) is -0.412. The van der Waals surface area contributed by atoms with Crippen LogP contribution in [0.2, 0.25) is 0 Å². The van der Waals surface area contributed by atoms with Gasteiger partial charge in [-0.25, -0.2) is 4.79 Å². The van der Waals surface area contributed by atoms with Crippen molar-refractivity contribution in [3.05, 3.63) is 39.9 Å². The lowest BCUT2D eigenvalue weighted by Gasteiger charge is -2.05. The third-order valence-electron chi connectivity index (χ3n) is 5.29. The van der Waals surface area contributed by atoms with Crippen molar-refractivity contribution >= 4 is 11.7 Å². The van der Waals surface area contributed by atoms with Gasteiger partial charge in [-0.05, 0) is 18.6 Å². The van der Waals surface area contributed by atoms with Gasteiger partial charge in [-0.2, -0.15) is 0 Å². The van der Waals surface area contributed by atoms with Gasteiger partial charge < -0.3 is 4.74 Å². The second-order valence-corrected chi connectivity index (χ2v) is 7.89. The fourth-order valence-electron chi connectivity index (χ4n) is 3.44. The second kappa shape index (κ2) is 17.0. The first-order valence-corrected chi connectivity index (χ1v) is 11.6. The normalized spacial score (nSPS) is 10.8. The Morgan fingerprint density at radius 2 is 1.17 bits per heavy atom. The van der Waals surface area contributed by atoms with Gasteiger partial charge in [0.1, 0.15) is 0 Å². The van der Waals surface area contributed by atoms with Gasteiger partial charge in [0.15, 0.2) is 0 Å². The predicted octanol–water partition coefficient (Wildman–Crippen LogP) is 7.62. The summed E-state index contributed by atoms with van der Waals surface area (Å²) in [6.07, 6.45) is 19.5. The van der Waals surface area contributed by atoms with Gasteiger partial charge in [0.05, 0.1) is 17.1 Å². The number of esters is 1. The van der Waals surface area contributed by atoms with Crippen LogP contribution in [0.3, 0.4) is 0 Å². The van der Waals surface area contributed by atoms with E-state index in [1.54, 1.807) is 0 Å². The summed E-state index contributed by atoms with van der Waals surface area (Å²) in [5, 5.41) is 10.6. The van der Waals surface area contributed by atoms with E-state index in [1.807, 2.05) is 0 Å². The van der Waals surface area contributed by atoms with Crippen molar-refractivity contribution in [2.24, 2.45) is 0 Å². The molecule has 29 heavy (non-hydrogen) atoms. The Morgan fingerprint density at radius 3 is 1.59 bits per heavy atom. The fourth-order valence-corrected chi connectivity index (χ4v) is 3.44. The number of benzene rings is 1. The molecule has 0 N–H and O–H groups in total. The minimum atomic E-state index is -0.481. The molecule has 1 rings (SSSR count). The van der Waals surface area contributed by atoms with E-state index in [1.165, 1.54) is 108 Å². The molecule has 0 saturated carbocycles. The molecule has 5 heteroatoms. The van der Waals surface area contributed by atoms with E-state index in [9.17, 15) is 14.9 Å². The Hall–Kier alpha value is -1.91. The standard InChI is InChI=1S/C24H39NO4/c1-2-3-4-5-6-7-8-9-10-11-12-13-14-15-16-21-29-24(26)22-17-19-23(20-18-22)25(27)28/h17-20H,2-16,21H2,1H3. The summed E-state index contributed by atoms with van der Waals surface area (Å²) in [6.45, 7) is 2.67. The fraction of sp³-hybridized carbons (Fsp3) is 0.708. The summed E-state index contributed by atoms with van der Waals surface area (Å²) >= 11 is 0. The smallest absolute Gasteiger partial charge is 0.338 e. The maximum Gasteiger partial charge on any atom is 0.338 e. The van der Waals surface area contributed by atoms with Gasteiger partial charge >= 0.3 is 5.97 Å². The van der Waals surface area contributed by atoms with E-state index >= 15 is 0 Å². The molecule has 0 atom stereocenters. The van der Waals surface area contributed by atoms with Gasteiger partial charge in [-0.15, -0.1) is 0 Å². The Bertz CT molecular complexity index is 557. The van der Waals surface area contributed by atoms with E-state index in [2.05, 4.69) is 6.92 Å². The van der Waals surface area contributed by atoms with Gasteiger partial charge in [0.2, 0.25) is 0 Å². The van der Waals surface area contributed by atoms with Gasteiger partial charge in [-0.1, -0.05) is 96.8 Å². The van der Waals surface area contributed by atoms with Crippen LogP contribution in [-0.2, 0) is 4.74 Å². The number of unbranched alkanes of at least 4 members (excludes halogenated alkanes) is 14. The molecular weight excluding hydrogens is 366 g/mol. The number of ether oxygens (including phenoxy) is 1. The summed E-state index contributed by atoms with van der Waals surface area (Å²) in [6, 6.07) is 5.52. The van der Waals surface area contributed by atoms with Crippen LogP contribution in [-0.4, -0.2) is 17.5 Å². The van der Waals surface area contributed by atoms with E-state index < -0.39 is 10.9 Å². The van der Waals surface area contributed by atoms with Gasteiger partial charge in [0, 0.05) is 12.1 Å². The summed E-state index contributed by atoms with van der Waals surface area (Å²) in [7, 11) is 0. The molecule has 0 bridgehead atoms. The molecular formula is C24H39NO4. The van der Waals surface area contributed by atoms with Crippen molar-refractivity contribution in [1.29, 1.82) is 0 Å². The molecule has 5 nitrogen and oxygen atoms in total. The first-order chi connectivity index (χ1) is 14.1. The third-order valence-corrected chi connectivity index (χ3v) is 5.29. The highest BCUT2D eigenvalue weighted by atomic mass is 16.6. The molecule has 0 saturated heterocycles. The van der Waals surface area contributed by atoms with Crippen molar-refractivity contribution in [1.82, 2.24) is 0 Å². The number of nitro groups is 1. The Morgan fingerprint density at radius 1 is 0.759 bits per heavy atom. The van der Waals surface area contributed by atoms with Crippen LogP contribution in [0.15, 0.2) is 24.3 Å². The third kappa shape index (κ3) is 13.0. The van der Waals surface area contributed by atoms with Crippen LogP contribution in [0.4, 0.5) is 5.69 Å². The maximum atomic E-state index is 11.9. The van der Waals surface area contributed by atoms with Crippen molar-refractivity contribution in [2.75, 3.05) is 6.61 Å². The molecule has 0 aliphatic heterocycles. The lowest BCUT2D eigenvalue weighted by Crippen LogP contribution is -2.06. The molecule has 164 valence electrons. The van der Waals surface area contributed by atoms with E-state index in [4.69, 9.17) is 4.74 Å². The SMILES string of the molecule is CCCCCCCCCCCCCCCCCOC(=O)c1ccc([N+](=O)[O-])cc1. The number of nitro benzene ring substituents is 1. The summed E-state index contributed by atoms with van der Waals surface area (Å²) in [4.78, 5) is 22.0. The Balaban J connectivity index is 1.87. The highest BCUT2D eigenvalue weighted by Gasteiger charge is 2.10. The minimum absolute atomic E-state index is 0.0241. The van der Waals surface area contributed by atoms with Gasteiger partial charge in [0.25, 0.3) is 5.69 Å². The Labute approximate surface area is 176 Å². The van der Waals surface area contributed by atoms with E-state index in [0.717, 1.165) is 12.8 Å². The molecule has 0 aromatic heterocycles. The zero-order valence-corrected chi connectivity index (χ0v) is 18.2. The topological polar surface area (TPSA) is 69.4 Å². The number of hydrogen-bond donors (Lipinski definition) is 0. The molecule has 0 radical (unpaired) electrons. The highest BCUT2D eigenvalue weighted by molar-refractivity contribution is 5.89. The second-order valence-electron chi connectivity index (χ2n) is 7.89. The molecule has 0 amide bonds. The van der Waals surface area contributed by atoms with Crippen LogP contribution >= 0.6 is 0 Å². The lowest BCUT2D eigenvalue weighted by molar-refractivity contribution is -0.384. The van der Waals surface area contributed by atoms with Crippen LogP contribution < -0.4 is 0 Å². The Kier molecular flexibility index (Phi) is 14.7. The molecule has 0 aliphatic rings. The molecule has 0 aliphatic carbocycles. The summed E-state index contributed by atoms with van der Waals surface area (Å²) < 4.78 is 5.23.